The Kier molecular flexibility index (Phi) is 4.59. The molecular weight excluding hydrogens is 357 g/mol. The zero-order chi connectivity index (χ0) is 19.0. The Bertz CT molecular complexity index is 827. The molecule has 5 nitrogen and oxygen atoms in total. The number of halogens is 3. The van der Waals surface area contributed by atoms with Crippen LogP contribution >= 0.6 is 0 Å². The lowest BCUT2D eigenvalue weighted by Gasteiger charge is -2.25. The number of amides is 1. The average molecular weight is 376 g/mol. The summed E-state index contributed by atoms with van der Waals surface area (Å²) in [5, 5.41) is 0. The van der Waals surface area contributed by atoms with Gasteiger partial charge in [-0.05, 0) is 36.1 Å². The highest BCUT2D eigenvalue weighted by Crippen LogP contribution is 2.34. The molecule has 0 N–H and O–H groups in total. The summed E-state index contributed by atoms with van der Waals surface area (Å²) in [5.41, 5.74) is 0.122. The number of hydrogen-bond donors (Lipinski definition) is 0. The van der Waals surface area contributed by atoms with Crippen molar-refractivity contribution >= 4 is 5.91 Å². The van der Waals surface area contributed by atoms with Gasteiger partial charge >= 0.3 is 6.18 Å². The molecule has 142 valence electrons. The van der Waals surface area contributed by atoms with E-state index in [9.17, 15) is 18.0 Å². The lowest BCUT2D eigenvalue weighted by atomic mass is 10.0. The number of carbonyl (C=O) groups is 1. The number of fused-ring (bicyclic) bond motifs is 1. The molecule has 2 aromatic rings. The maximum atomic E-state index is 12.9. The molecule has 2 fully saturated rings. The van der Waals surface area contributed by atoms with Crippen molar-refractivity contribution in [3.63, 3.8) is 0 Å². The summed E-state index contributed by atoms with van der Waals surface area (Å²) in [6.07, 6.45) is 0.918. The maximum Gasteiger partial charge on any atom is 0.433 e. The molecule has 8 heteroatoms. The van der Waals surface area contributed by atoms with Crippen LogP contribution in [0.2, 0.25) is 0 Å². The van der Waals surface area contributed by atoms with E-state index in [1.165, 1.54) is 6.07 Å². The van der Waals surface area contributed by atoms with Gasteiger partial charge in [-0.2, -0.15) is 13.2 Å². The summed E-state index contributed by atoms with van der Waals surface area (Å²) in [6, 6.07) is 6.14. The second-order valence-corrected chi connectivity index (χ2v) is 7.10. The normalized spacial score (nSPS) is 22.9. The zero-order valence-electron chi connectivity index (χ0n) is 14.6. The second kappa shape index (κ2) is 6.92. The molecule has 1 amide bonds. The van der Waals surface area contributed by atoms with E-state index in [0.29, 0.717) is 12.5 Å². The van der Waals surface area contributed by atoms with Gasteiger partial charge in [0.1, 0.15) is 5.69 Å². The number of likely N-dealkylation sites (tertiary alicyclic amines) is 2. The van der Waals surface area contributed by atoms with Crippen LogP contribution in [0, 0.1) is 5.92 Å². The maximum absolute atomic E-state index is 12.9. The van der Waals surface area contributed by atoms with Crippen LogP contribution in [0.25, 0.3) is 0 Å². The Labute approximate surface area is 154 Å². The quantitative estimate of drug-likeness (QED) is 0.827. The first kappa shape index (κ1) is 17.9. The molecule has 2 atom stereocenters. The van der Waals surface area contributed by atoms with Crippen molar-refractivity contribution in [3.8, 4) is 0 Å². The van der Waals surface area contributed by atoms with E-state index in [-0.39, 0.29) is 17.5 Å². The molecule has 0 spiro atoms. The molecule has 27 heavy (non-hydrogen) atoms. The van der Waals surface area contributed by atoms with E-state index in [2.05, 4.69) is 14.9 Å². The van der Waals surface area contributed by atoms with Gasteiger partial charge in [-0.3, -0.25) is 19.7 Å². The summed E-state index contributed by atoms with van der Waals surface area (Å²) < 4.78 is 38.6. The van der Waals surface area contributed by atoms with E-state index in [1.54, 1.807) is 11.1 Å². The fraction of sp³-hybridized carbons (Fsp3) is 0.421. The number of rotatable bonds is 3. The first-order valence-corrected chi connectivity index (χ1v) is 8.87. The van der Waals surface area contributed by atoms with Crippen LogP contribution in [0.3, 0.4) is 0 Å². The average Bonchev–Trinajstić information content (AvgIpc) is 3.21. The first-order valence-electron chi connectivity index (χ1n) is 8.87. The molecule has 2 aromatic heterocycles. The minimum atomic E-state index is -4.56. The predicted octanol–water partition coefficient (Wildman–Crippen LogP) is 2.84. The van der Waals surface area contributed by atoms with Gasteiger partial charge in [-0.1, -0.05) is 6.07 Å². The van der Waals surface area contributed by atoms with Gasteiger partial charge in [-0.25, -0.2) is 0 Å². The van der Waals surface area contributed by atoms with Crippen LogP contribution in [0.1, 0.15) is 28.0 Å². The molecule has 2 saturated heterocycles. The molecule has 0 saturated carbocycles. The van der Waals surface area contributed by atoms with Crippen molar-refractivity contribution in [2.75, 3.05) is 19.6 Å². The Morgan fingerprint density at radius 3 is 2.81 bits per heavy atom. The van der Waals surface area contributed by atoms with Crippen LogP contribution in [0.5, 0.6) is 0 Å². The van der Waals surface area contributed by atoms with Gasteiger partial charge in [0.25, 0.3) is 5.91 Å². The summed E-state index contributed by atoms with van der Waals surface area (Å²) in [4.78, 5) is 24.3. The number of carbonyl (C=O) groups excluding carboxylic acids is 1. The highest BCUT2D eigenvalue weighted by Gasteiger charge is 2.43. The van der Waals surface area contributed by atoms with Crippen LogP contribution in [-0.4, -0.2) is 51.4 Å². The molecule has 0 aliphatic carbocycles. The number of pyridine rings is 2. The third kappa shape index (κ3) is 3.66. The number of nitrogens with zero attached hydrogens (tertiary/aromatic N) is 4. The Morgan fingerprint density at radius 2 is 2.07 bits per heavy atom. The summed E-state index contributed by atoms with van der Waals surface area (Å²) in [5.74, 6) is 0.00757. The third-order valence-electron chi connectivity index (χ3n) is 5.31. The van der Waals surface area contributed by atoms with Gasteiger partial charge in [0.2, 0.25) is 0 Å². The largest absolute Gasteiger partial charge is 0.433 e. The van der Waals surface area contributed by atoms with E-state index < -0.39 is 11.9 Å². The first-order chi connectivity index (χ1) is 12.9. The van der Waals surface area contributed by atoms with Crippen molar-refractivity contribution in [3.05, 3.63) is 59.7 Å². The summed E-state index contributed by atoms with van der Waals surface area (Å²) >= 11 is 0. The van der Waals surface area contributed by atoms with Gasteiger partial charge in [0, 0.05) is 56.4 Å². The number of alkyl halides is 3. The highest BCUT2D eigenvalue weighted by atomic mass is 19.4. The fourth-order valence-electron chi connectivity index (χ4n) is 4.06. The van der Waals surface area contributed by atoms with E-state index >= 15 is 0 Å². The molecular formula is C19H19F3N4O. The zero-order valence-corrected chi connectivity index (χ0v) is 14.6. The minimum absolute atomic E-state index is 0.0386. The molecule has 4 heterocycles. The van der Waals surface area contributed by atoms with Crippen molar-refractivity contribution in [1.82, 2.24) is 19.8 Å². The van der Waals surface area contributed by atoms with E-state index in [0.717, 1.165) is 43.9 Å². The van der Waals surface area contributed by atoms with Gasteiger partial charge in [0.05, 0.1) is 0 Å². The summed E-state index contributed by atoms with van der Waals surface area (Å²) in [7, 11) is 0. The Morgan fingerprint density at radius 1 is 1.22 bits per heavy atom. The lowest BCUT2D eigenvalue weighted by Crippen LogP contribution is -2.39. The molecule has 2 aliphatic heterocycles. The van der Waals surface area contributed by atoms with Crippen LogP contribution in [0.15, 0.2) is 42.9 Å². The van der Waals surface area contributed by atoms with Crippen molar-refractivity contribution in [2.24, 2.45) is 5.92 Å². The second-order valence-electron chi connectivity index (χ2n) is 7.10. The van der Waals surface area contributed by atoms with Gasteiger partial charge in [-0.15, -0.1) is 0 Å². The summed E-state index contributed by atoms with van der Waals surface area (Å²) in [6.45, 7) is 2.95. The van der Waals surface area contributed by atoms with Crippen LogP contribution in [0.4, 0.5) is 13.2 Å². The van der Waals surface area contributed by atoms with Crippen molar-refractivity contribution in [1.29, 1.82) is 0 Å². The Hall–Kier alpha value is -2.48. The predicted molar refractivity (Wildman–Crippen MR) is 91.7 cm³/mol. The number of aromatic nitrogens is 2. The van der Waals surface area contributed by atoms with Gasteiger partial charge in [0.15, 0.2) is 0 Å². The van der Waals surface area contributed by atoms with Crippen LogP contribution < -0.4 is 0 Å². The van der Waals surface area contributed by atoms with E-state index in [4.69, 9.17) is 0 Å². The topological polar surface area (TPSA) is 49.3 Å². The smallest absolute Gasteiger partial charge is 0.334 e. The molecule has 0 radical (unpaired) electrons. The monoisotopic (exact) mass is 376 g/mol. The number of hydrogen-bond acceptors (Lipinski definition) is 4. The molecule has 0 aromatic carbocycles. The molecule has 2 aliphatic rings. The third-order valence-corrected chi connectivity index (χ3v) is 5.31. The molecule has 0 unspecified atom stereocenters. The minimum Gasteiger partial charge on any atom is -0.334 e. The fourth-order valence-corrected chi connectivity index (χ4v) is 4.06. The van der Waals surface area contributed by atoms with Crippen molar-refractivity contribution < 1.29 is 18.0 Å². The lowest BCUT2D eigenvalue weighted by molar-refractivity contribution is -0.141. The highest BCUT2D eigenvalue weighted by molar-refractivity contribution is 5.94. The SMILES string of the molecule is O=C(c1ccnc(C(F)(F)F)c1)N1CC[C@H]2CN(Cc3cccnc3)C[C@H]21. The van der Waals surface area contributed by atoms with Crippen molar-refractivity contribution in [2.45, 2.75) is 25.2 Å². The Balaban J connectivity index is 1.47. The van der Waals surface area contributed by atoms with Crippen LogP contribution in [-0.2, 0) is 12.7 Å². The van der Waals surface area contributed by atoms with E-state index in [1.807, 2.05) is 18.3 Å². The standard InChI is InChI=1S/C19H19F3N4O/c20-19(21,22)17-8-14(3-6-24-17)18(27)26-7-4-15-11-25(12-16(15)26)10-13-2-1-5-23-9-13/h1-3,5-6,8-9,15-16H,4,7,10-12H2/t15-,16+/m0/s1. The van der Waals surface area contributed by atoms with Gasteiger partial charge < -0.3 is 4.90 Å². The molecule has 0 bridgehead atoms. The molecule has 4 rings (SSSR count).